The molecule has 0 heterocycles. The molecule has 2 amide bonds. The molecule has 0 bridgehead atoms. The fraction of sp³-hybridized carbons (Fsp3) is 0.222. The summed E-state index contributed by atoms with van der Waals surface area (Å²) in [6, 6.07) is 20.0. The Morgan fingerprint density at radius 1 is 0.811 bits per heavy atom. The minimum absolute atomic E-state index is 0.0171. The van der Waals surface area contributed by atoms with Gasteiger partial charge in [0, 0.05) is 39.4 Å². The first-order chi connectivity index (χ1) is 17.9. The Kier molecular flexibility index (Phi) is 10.7. The van der Waals surface area contributed by atoms with Gasteiger partial charge >= 0.3 is 5.97 Å². The Labute approximate surface area is 224 Å². The lowest BCUT2D eigenvalue weighted by molar-refractivity contribution is -0.147. The number of benzene rings is 3. The average Bonchev–Trinajstić information content (AvgIpc) is 2.90. The van der Waals surface area contributed by atoms with E-state index < -0.39 is 18.5 Å². The smallest absolute Gasteiger partial charge is 0.306 e. The maximum Gasteiger partial charge on any atom is 0.306 e. The first-order valence-corrected chi connectivity index (χ1v) is 12.6. The van der Waals surface area contributed by atoms with Crippen LogP contribution in [0.25, 0.3) is 0 Å². The van der Waals surface area contributed by atoms with Crippen LogP contribution in [0.1, 0.15) is 19.3 Å². The maximum atomic E-state index is 12.2. The van der Waals surface area contributed by atoms with Crippen molar-refractivity contribution in [2.45, 2.75) is 29.1 Å². The van der Waals surface area contributed by atoms with E-state index in [1.165, 1.54) is 14.2 Å². The summed E-state index contributed by atoms with van der Waals surface area (Å²) in [7, 11) is 2.99. The van der Waals surface area contributed by atoms with Crippen molar-refractivity contribution in [1.29, 1.82) is 0 Å². The van der Waals surface area contributed by atoms with Crippen LogP contribution in [0.15, 0.2) is 76.5 Å². The Morgan fingerprint density at radius 3 is 2.14 bits per heavy atom. The van der Waals surface area contributed by atoms with Gasteiger partial charge in [-0.3, -0.25) is 14.4 Å². The molecule has 0 aliphatic rings. The molecule has 3 aromatic rings. The number of hydrogen-bond acceptors (Lipinski definition) is 7. The zero-order valence-corrected chi connectivity index (χ0v) is 22.0. The largest absolute Gasteiger partial charge is 0.497 e. The van der Waals surface area contributed by atoms with E-state index in [2.05, 4.69) is 10.6 Å². The zero-order valence-electron chi connectivity index (χ0n) is 20.4. The number of halogens is 1. The van der Waals surface area contributed by atoms with Gasteiger partial charge < -0.3 is 24.8 Å². The molecule has 0 saturated heterocycles. The molecule has 2 N–H and O–H groups in total. The molecule has 37 heavy (non-hydrogen) atoms. The summed E-state index contributed by atoms with van der Waals surface area (Å²) in [5, 5.41) is 6.12. The van der Waals surface area contributed by atoms with Crippen molar-refractivity contribution < 1.29 is 28.6 Å². The van der Waals surface area contributed by atoms with Gasteiger partial charge in [0.05, 0.1) is 19.9 Å². The molecular formula is C27H27ClN2O6S. The first kappa shape index (κ1) is 27.9. The summed E-state index contributed by atoms with van der Waals surface area (Å²) < 4.78 is 15.3. The van der Waals surface area contributed by atoms with E-state index in [4.69, 9.17) is 25.8 Å². The highest BCUT2D eigenvalue weighted by molar-refractivity contribution is 7.99. The molecule has 0 unspecified atom stereocenters. The van der Waals surface area contributed by atoms with Gasteiger partial charge in [0.2, 0.25) is 5.91 Å². The normalized spacial score (nSPS) is 10.4. The fourth-order valence-corrected chi connectivity index (χ4v) is 4.11. The Hall–Kier alpha value is -3.69. The molecule has 3 aromatic carbocycles. The summed E-state index contributed by atoms with van der Waals surface area (Å²) in [5.41, 5.74) is 1.09. The second-order valence-electron chi connectivity index (χ2n) is 7.76. The second-order valence-corrected chi connectivity index (χ2v) is 9.34. The van der Waals surface area contributed by atoms with E-state index >= 15 is 0 Å². The Bertz CT molecular complexity index is 1220. The Balaban J connectivity index is 1.34. The molecule has 0 saturated carbocycles. The van der Waals surface area contributed by atoms with Crippen LogP contribution in [0.3, 0.4) is 0 Å². The fourth-order valence-electron chi connectivity index (χ4n) is 3.17. The monoisotopic (exact) mass is 542 g/mol. The summed E-state index contributed by atoms with van der Waals surface area (Å²) in [6.07, 6.45) is 0.456. The van der Waals surface area contributed by atoms with Crippen LogP contribution in [0, 0.1) is 0 Å². The summed E-state index contributed by atoms with van der Waals surface area (Å²) in [6.45, 7) is -0.444. The maximum absolute atomic E-state index is 12.2. The number of esters is 1. The predicted octanol–water partition coefficient (Wildman–Crippen LogP) is 5.80. The molecule has 0 fully saturated rings. The topological polar surface area (TPSA) is 103 Å². The van der Waals surface area contributed by atoms with E-state index in [1.807, 2.05) is 48.5 Å². The molecule has 8 nitrogen and oxygen atoms in total. The molecule has 10 heteroatoms. The van der Waals surface area contributed by atoms with Crippen LogP contribution in [0.2, 0.25) is 5.02 Å². The van der Waals surface area contributed by atoms with E-state index in [1.54, 1.807) is 30.0 Å². The van der Waals surface area contributed by atoms with E-state index in [0.717, 1.165) is 9.79 Å². The second kappa shape index (κ2) is 14.2. The minimum atomic E-state index is -0.562. The number of methoxy groups -OCH3 is 2. The lowest BCUT2D eigenvalue weighted by Gasteiger charge is -2.11. The van der Waals surface area contributed by atoms with Crippen LogP contribution < -0.4 is 20.1 Å². The van der Waals surface area contributed by atoms with Crippen molar-refractivity contribution in [3.8, 4) is 11.5 Å². The predicted molar refractivity (Wildman–Crippen MR) is 144 cm³/mol. The highest BCUT2D eigenvalue weighted by Gasteiger charge is 2.12. The first-order valence-electron chi connectivity index (χ1n) is 11.4. The van der Waals surface area contributed by atoms with Gasteiger partial charge in [-0.25, -0.2) is 0 Å². The molecule has 194 valence electrons. The lowest BCUT2D eigenvalue weighted by atomic mass is 10.2. The van der Waals surface area contributed by atoms with Crippen molar-refractivity contribution in [2.24, 2.45) is 0 Å². The number of carbonyl (C=O) groups excluding carboxylic acids is 3. The van der Waals surface area contributed by atoms with Crippen LogP contribution in [-0.2, 0) is 19.1 Å². The molecule has 0 radical (unpaired) electrons. The molecule has 0 atom stereocenters. The Morgan fingerprint density at radius 2 is 1.49 bits per heavy atom. The average molecular weight is 543 g/mol. The zero-order chi connectivity index (χ0) is 26.6. The number of amides is 2. The molecule has 0 aliphatic heterocycles. The SMILES string of the molecule is COc1ccc(NC(=O)COC(=O)CCCC(=O)Nc2ccc(Sc3ccc(Cl)cc3)cc2)c(OC)c1. The van der Waals surface area contributed by atoms with Gasteiger partial charge in [-0.1, -0.05) is 23.4 Å². The van der Waals surface area contributed by atoms with Gasteiger partial charge in [0.15, 0.2) is 6.61 Å². The van der Waals surface area contributed by atoms with Crippen LogP contribution in [0.4, 0.5) is 11.4 Å². The molecule has 3 rings (SSSR count). The summed E-state index contributed by atoms with van der Waals surface area (Å²) in [5.74, 6) is -0.286. The van der Waals surface area contributed by atoms with Crippen molar-refractivity contribution in [1.82, 2.24) is 0 Å². The van der Waals surface area contributed by atoms with Crippen LogP contribution in [0.5, 0.6) is 11.5 Å². The van der Waals surface area contributed by atoms with Crippen LogP contribution in [-0.4, -0.2) is 38.6 Å². The standard InChI is InChI=1S/C27H27ClN2O6S/c1-34-20-10-15-23(24(16-20)35-2)30-26(32)17-36-27(33)5-3-4-25(31)29-19-8-13-22(14-9-19)37-21-11-6-18(28)7-12-21/h6-16H,3-5,17H2,1-2H3,(H,29,31)(H,30,32). The van der Waals surface area contributed by atoms with Crippen molar-refractivity contribution >= 4 is 52.5 Å². The lowest BCUT2D eigenvalue weighted by Crippen LogP contribution is -2.21. The van der Waals surface area contributed by atoms with Gasteiger partial charge in [-0.05, 0) is 67.1 Å². The number of rotatable bonds is 12. The van der Waals surface area contributed by atoms with Crippen molar-refractivity contribution in [2.75, 3.05) is 31.5 Å². The van der Waals surface area contributed by atoms with Gasteiger partial charge in [0.25, 0.3) is 5.91 Å². The van der Waals surface area contributed by atoms with Crippen molar-refractivity contribution in [3.63, 3.8) is 0 Å². The highest BCUT2D eigenvalue weighted by Crippen LogP contribution is 2.30. The number of carbonyl (C=O) groups is 3. The third-order valence-electron chi connectivity index (χ3n) is 5.02. The quantitative estimate of drug-likeness (QED) is 0.279. The molecular weight excluding hydrogens is 516 g/mol. The number of nitrogens with one attached hydrogen (secondary N) is 2. The third kappa shape index (κ3) is 9.36. The number of ether oxygens (including phenoxy) is 3. The van der Waals surface area contributed by atoms with Gasteiger partial charge in [-0.2, -0.15) is 0 Å². The van der Waals surface area contributed by atoms with Gasteiger partial charge in [0.1, 0.15) is 11.5 Å². The van der Waals surface area contributed by atoms with Crippen LogP contribution >= 0.6 is 23.4 Å². The van der Waals surface area contributed by atoms with Crippen molar-refractivity contribution in [3.05, 3.63) is 71.8 Å². The summed E-state index contributed by atoms with van der Waals surface area (Å²) in [4.78, 5) is 38.4. The molecule has 0 spiro atoms. The third-order valence-corrected chi connectivity index (χ3v) is 6.29. The molecule has 0 aliphatic carbocycles. The van der Waals surface area contributed by atoms with E-state index in [9.17, 15) is 14.4 Å². The summed E-state index contributed by atoms with van der Waals surface area (Å²) >= 11 is 7.50. The molecule has 0 aromatic heterocycles. The minimum Gasteiger partial charge on any atom is -0.497 e. The van der Waals surface area contributed by atoms with Gasteiger partial charge in [-0.15, -0.1) is 0 Å². The number of anilines is 2. The van der Waals surface area contributed by atoms with E-state index in [-0.39, 0.29) is 18.7 Å². The highest BCUT2D eigenvalue weighted by atomic mass is 35.5. The number of hydrogen-bond donors (Lipinski definition) is 2. The van der Waals surface area contributed by atoms with E-state index in [0.29, 0.717) is 34.3 Å².